The van der Waals surface area contributed by atoms with Crippen molar-refractivity contribution in [2.75, 3.05) is 0 Å². The van der Waals surface area contributed by atoms with Crippen molar-refractivity contribution < 1.29 is 78.0 Å². The van der Waals surface area contributed by atoms with E-state index in [1.54, 1.807) is 0 Å². The van der Waals surface area contributed by atoms with Crippen molar-refractivity contribution in [1.29, 1.82) is 0 Å². The molecule has 2 saturated heterocycles. The van der Waals surface area contributed by atoms with Crippen molar-refractivity contribution in [3.63, 3.8) is 0 Å². The molecule has 2 aliphatic heterocycles. The number of esters is 2. The Labute approximate surface area is 305 Å². The number of rotatable bonds is 5. The van der Waals surface area contributed by atoms with Gasteiger partial charge in [0.1, 0.15) is 29.8 Å². The topological polar surface area (TPSA) is 264 Å². The minimum Gasteiger partial charge on any atom is -0.507 e. The van der Waals surface area contributed by atoms with Crippen molar-refractivity contribution in [3.8, 4) is 22.6 Å². The lowest BCUT2D eigenvalue weighted by Gasteiger charge is -2.46. The van der Waals surface area contributed by atoms with E-state index in [1.165, 1.54) is 45.9 Å². The summed E-state index contributed by atoms with van der Waals surface area (Å²) in [6.07, 6.45) is -5.63. The highest BCUT2D eigenvalue weighted by Gasteiger charge is 2.92. The van der Waals surface area contributed by atoms with Crippen molar-refractivity contribution in [3.05, 3.63) is 46.5 Å². The molecule has 0 amide bonds. The molecule has 284 valence electrons. The number of aromatic hydroxyl groups is 2. The van der Waals surface area contributed by atoms with Gasteiger partial charge in [-0.15, -0.1) is 0 Å². The van der Waals surface area contributed by atoms with Crippen LogP contribution >= 0.6 is 0 Å². The Morgan fingerprint density at radius 2 is 1.15 bits per heavy atom. The fourth-order valence-electron chi connectivity index (χ4n) is 10.6. The Balaban J connectivity index is 1.24. The molecule has 4 fully saturated rings. The second kappa shape index (κ2) is 10.5. The number of phenolic OH excluding ortho intramolecular Hbond substituents is 2. The van der Waals surface area contributed by atoms with Crippen LogP contribution in [0.3, 0.4) is 0 Å². The van der Waals surface area contributed by atoms with E-state index in [0.29, 0.717) is 0 Å². The summed E-state index contributed by atoms with van der Waals surface area (Å²) < 4.78 is 22.4. The van der Waals surface area contributed by atoms with Crippen LogP contribution in [-0.4, -0.2) is 112 Å². The molecular formula is C38H36O16. The average molecular weight is 749 g/mol. The third kappa shape index (κ3) is 3.86. The molecule has 11 atom stereocenters. The van der Waals surface area contributed by atoms with Gasteiger partial charge in [0.2, 0.25) is 11.4 Å². The third-order valence-corrected chi connectivity index (χ3v) is 12.4. The molecule has 0 unspecified atom stereocenters. The summed E-state index contributed by atoms with van der Waals surface area (Å²) in [4.78, 5) is 94.0. The van der Waals surface area contributed by atoms with Crippen molar-refractivity contribution >= 4 is 40.9 Å². The van der Waals surface area contributed by atoms with E-state index in [0.717, 1.165) is 19.9 Å². The van der Waals surface area contributed by atoms with Crippen LogP contribution in [0.5, 0.6) is 11.5 Å². The molecule has 8 rings (SSSR count). The predicted octanol–water partition coefficient (Wildman–Crippen LogP) is 0.972. The first-order valence-corrected chi connectivity index (χ1v) is 17.3. The first-order valence-electron chi connectivity index (χ1n) is 17.3. The SMILES string of the molecule is CC(=O)O[C@H](C)[C@H]1[C@@](C)(O)CC(=O)[C@]23O[C@]12C(=O)c1ccc(-c2ccc4c(c2O)[C@@H](O)[C@@]25O[C@]2(C4=O)[C@@H]([C@@H](C)OC(C)=O)[C@@](C)(O)CC5=O)c(O)c1C3=O. The summed E-state index contributed by atoms with van der Waals surface area (Å²) in [5, 5.41) is 58.0. The number of Topliss-reactive ketones (excluding diaryl/α,β-unsaturated/α-hetero) is 5. The predicted molar refractivity (Wildman–Crippen MR) is 176 cm³/mol. The molecule has 4 aliphatic carbocycles. The van der Waals surface area contributed by atoms with Crippen LogP contribution in [0.4, 0.5) is 0 Å². The van der Waals surface area contributed by atoms with Gasteiger partial charge >= 0.3 is 11.9 Å². The monoisotopic (exact) mass is 748 g/mol. The highest BCUT2D eigenvalue weighted by molar-refractivity contribution is 6.36. The van der Waals surface area contributed by atoms with Gasteiger partial charge in [-0.2, -0.15) is 0 Å². The van der Waals surface area contributed by atoms with Gasteiger partial charge in [0.05, 0.1) is 28.6 Å². The molecule has 2 heterocycles. The van der Waals surface area contributed by atoms with E-state index in [9.17, 15) is 59.1 Å². The van der Waals surface area contributed by atoms with Crippen LogP contribution in [0.1, 0.15) is 97.1 Å². The average Bonchev–Trinajstić information content (AvgIpc) is 3.94. The number of epoxide rings is 2. The van der Waals surface area contributed by atoms with Gasteiger partial charge in [-0.3, -0.25) is 33.6 Å². The molecule has 54 heavy (non-hydrogen) atoms. The Bertz CT molecular complexity index is 2220. The lowest BCUT2D eigenvalue weighted by Crippen LogP contribution is -2.66. The van der Waals surface area contributed by atoms with E-state index in [-0.39, 0.29) is 22.3 Å². The molecule has 0 spiro atoms. The van der Waals surface area contributed by atoms with E-state index < -0.39 is 140 Å². The van der Waals surface area contributed by atoms with Gasteiger partial charge in [-0.05, 0) is 45.9 Å². The first kappa shape index (κ1) is 36.1. The van der Waals surface area contributed by atoms with Crippen molar-refractivity contribution in [1.82, 2.24) is 0 Å². The molecule has 0 bridgehead atoms. The number of carbonyl (C=O) groups excluding carboxylic acids is 7. The number of benzene rings is 2. The molecular weight excluding hydrogens is 712 g/mol. The van der Waals surface area contributed by atoms with Crippen LogP contribution in [0.15, 0.2) is 24.3 Å². The number of fused-ring (bicyclic) bond motifs is 2. The Hall–Kier alpha value is -4.87. The summed E-state index contributed by atoms with van der Waals surface area (Å²) >= 11 is 0. The number of ether oxygens (including phenoxy) is 4. The van der Waals surface area contributed by atoms with E-state index in [2.05, 4.69) is 0 Å². The van der Waals surface area contributed by atoms with E-state index in [1.807, 2.05) is 0 Å². The molecule has 16 nitrogen and oxygen atoms in total. The van der Waals surface area contributed by atoms with E-state index >= 15 is 0 Å². The second-order valence-corrected chi connectivity index (χ2v) is 15.8. The Morgan fingerprint density at radius 1 is 0.685 bits per heavy atom. The summed E-state index contributed by atoms with van der Waals surface area (Å²) in [7, 11) is 0. The number of ketones is 5. The normalized spacial score (nSPS) is 39.5. The zero-order chi connectivity index (χ0) is 39.6. The van der Waals surface area contributed by atoms with Gasteiger partial charge < -0.3 is 44.5 Å². The molecule has 0 radical (unpaired) electrons. The molecule has 5 N–H and O–H groups in total. The number of carbonyl (C=O) groups is 7. The maximum atomic E-state index is 14.3. The number of hydrogen-bond acceptors (Lipinski definition) is 16. The van der Waals surface area contributed by atoms with Gasteiger partial charge in [0, 0.05) is 54.5 Å². The zero-order valence-corrected chi connectivity index (χ0v) is 29.8. The minimum absolute atomic E-state index is 0.254. The van der Waals surface area contributed by atoms with Gasteiger partial charge in [0.25, 0.3) is 0 Å². The molecule has 16 heteroatoms. The number of aliphatic hydroxyl groups is 3. The minimum atomic E-state index is -2.46. The van der Waals surface area contributed by atoms with Crippen LogP contribution in [0.2, 0.25) is 0 Å². The van der Waals surface area contributed by atoms with Crippen LogP contribution in [-0.2, 0) is 38.1 Å². The Morgan fingerprint density at radius 3 is 1.70 bits per heavy atom. The molecule has 2 aromatic carbocycles. The van der Waals surface area contributed by atoms with Gasteiger partial charge in [-0.25, -0.2) is 0 Å². The maximum absolute atomic E-state index is 14.3. The lowest BCUT2D eigenvalue weighted by molar-refractivity contribution is -0.163. The smallest absolute Gasteiger partial charge is 0.302 e. The molecule has 0 aromatic heterocycles. The fraction of sp³-hybridized carbons (Fsp3) is 0.500. The molecule has 6 aliphatic rings. The second-order valence-electron chi connectivity index (χ2n) is 15.8. The van der Waals surface area contributed by atoms with Crippen molar-refractivity contribution in [2.45, 2.75) is 106 Å². The quantitative estimate of drug-likeness (QED) is 0.162. The van der Waals surface area contributed by atoms with Gasteiger partial charge in [-0.1, -0.05) is 6.07 Å². The number of aliphatic hydroxyl groups excluding tert-OH is 1. The maximum Gasteiger partial charge on any atom is 0.302 e. The molecule has 2 aromatic rings. The standard InChI is InChI=1S/C38H36O16/c1-13(51-15(3)39)27-33(5,49)11-21(41)35-31(47)23-19(29(45)37(27,35)53-35)9-7-17(25(23)43)18-8-10-20-24(26(18)44)32(48)36-22(42)12-34(6,50)28(14(2)52-16(4)40)38(36,54-36)30(20)46/h7-10,13-14,27-28,31,43-44,47,49-50H,11-12H2,1-6H3/t13-,14-,27+,28+,31-,33+,34+,35-,36-,37+,38+/m1/s1. The highest BCUT2D eigenvalue weighted by Crippen LogP contribution is 2.71. The summed E-state index contributed by atoms with van der Waals surface area (Å²) in [6, 6.07) is 4.69. The zero-order valence-electron chi connectivity index (χ0n) is 29.8. The molecule has 2 saturated carbocycles. The van der Waals surface area contributed by atoms with Crippen LogP contribution < -0.4 is 0 Å². The summed E-state index contributed by atoms with van der Waals surface area (Å²) in [6.45, 7) is 7.60. The van der Waals surface area contributed by atoms with E-state index in [4.69, 9.17) is 18.9 Å². The third-order valence-electron chi connectivity index (χ3n) is 12.4. The van der Waals surface area contributed by atoms with Gasteiger partial charge in [0.15, 0.2) is 39.9 Å². The number of phenols is 2. The fourth-order valence-corrected chi connectivity index (χ4v) is 10.6. The Kier molecular flexibility index (Phi) is 6.99. The largest absolute Gasteiger partial charge is 0.507 e. The van der Waals surface area contributed by atoms with Crippen LogP contribution in [0, 0.1) is 11.8 Å². The van der Waals surface area contributed by atoms with Crippen LogP contribution in [0.25, 0.3) is 11.1 Å². The number of hydrogen-bond donors (Lipinski definition) is 5. The highest BCUT2D eigenvalue weighted by atomic mass is 16.7. The van der Waals surface area contributed by atoms with Crippen molar-refractivity contribution in [2.24, 2.45) is 11.8 Å². The summed E-state index contributed by atoms with van der Waals surface area (Å²) in [5.41, 5.74) is -15.3. The first-order chi connectivity index (χ1) is 25.0. The lowest BCUT2D eigenvalue weighted by atomic mass is 9.55. The summed E-state index contributed by atoms with van der Waals surface area (Å²) in [5.74, 6) is -10.5.